The van der Waals surface area contributed by atoms with Gasteiger partial charge in [-0.25, -0.2) is 8.78 Å². The molecule has 1 aliphatic carbocycles. The Balaban J connectivity index is 1.71. The second kappa shape index (κ2) is 5.30. The van der Waals surface area contributed by atoms with Gasteiger partial charge in [0.25, 0.3) is 0 Å². The predicted octanol–water partition coefficient (Wildman–Crippen LogP) is 2.83. The van der Waals surface area contributed by atoms with Gasteiger partial charge < -0.3 is 10.0 Å². The van der Waals surface area contributed by atoms with Crippen molar-refractivity contribution in [1.29, 1.82) is 0 Å². The number of hydrogen-bond donors (Lipinski definition) is 1. The van der Waals surface area contributed by atoms with Crippen LogP contribution in [0, 0.1) is 17.6 Å². The molecule has 0 radical (unpaired) electrons. The molecular formula is C17H21F2NO2. The molecule has 1 amide bonds. The Labute approximate surface area is 128 Å². The van der Waals surface area contributed by atoms with Crippen molar-refractivity contribution in [1.82, 2.24) is 4.90 Å². The molecule has 0 bridgehead atoms. The van der Waals surface area contributed by atoms with E-state index >= 15 is 0 Å². The molecule has 2 fully saturated rings. The molecule has 1 aliphatic heterocycles. The molecular weight excluding hydrogens is 288 g/mol. The molecule has 22 heavy (non-hydrogen) atoms. The fraction of sp³-hybridized carbons (Fsp3) is 0.588. The van der Waals surface area contributed by atoms with E-state index in [1.165, 1.54) is 6.07 Å². The van der Waals surface area contributed by atoms with E-state index in [0.717, 1.165) is 18.9 Å². The molecule has 2 aliphatic rings. The number of nitrogens with zero attached hydrogens (tertiary/aromatic N) is 1. The lowest BCUT2D eigenvalue weighted by atomic mass is 9.96. The first kappa shape index (κ1) is 15.4. The Kier molecular flexibility index (Phi) is 3.71. The summed E-state index contributed by atoms with van der Waals surface area (Å²) in [6.07, 6.45) is 2.36. The van der Waals surface area contributed by atoms with Gasteiger partial charge in [0.1, 0.15) is 0 Å². The maximum atomic E-state index is 13.3. The lowest BCUT2D eigenvalue weighted by Crippen LogP contribution is -2.48. The molecule has 1 saturated carbocycles. The van der Waals surface area contributed by atoms with Crippen molar-refractivity contribution in [2.24, 2.45) is 5.92 Å². The van der Waals surface area contributed by atoms with Gasteiger partial charge in [0.2, 0.25) is 5.91 Å². The van der Waals surface area contributed by atoms with E-state index in [1.54, 1.807) is 24.8 Å². The van der Waals surface area contributed by atoms with Gasteiger partial charge in [0.05, 0.1) is 11.6 Å². The van der Waals surface area contributed by atoms with E-state index < -0.39 is 17.2 Å². The SMILES string of the molecule is CC(C)(O)C1CCCN1C(=O)C1CC1c1ccc(F)c(F)c1. The Morgan fingerprint density at radius 3 is 2.68 bits per heavy atom. The molecule has 120 valence electrons. The lowest BCUT2D eigenvalue weighted by molar-refractivity contribution is -0.138. The van der Waals surface area contributed by atoms with Gasteiger partial charge >= 0.3 is 0 Å². The third kappa shape index (κ3) is 2.74. The molecule has 1 heterocycles. The molecule has 0 spiro atoms. The number of carbonyl (C=O) groups is 1. The molecule has 1 aromatic carbocycles. The van der Waals surface area contributed by atoms with Crippen molar-refractivity contribution in [2.45, 2.75) is 50.7 Å². The highest BCUT2D eigenvalue weighted by atomic mass is 19.2. The fourth-order valence-electron chi connectivity index (χ4n) is 3.56. The maximum Gasteiger partial charge on any atom is 0.226 e. The lowest BCUT2D eigenvalue weighted by Gasteiger charge is -2.34. The highest BCUT2D eigenvalue weighted by Gasteiger charge is 2.49. The van der Waals surface area contributed by atoms with Crippen molar-refractivity contribution in [3.05, 3.63) is 35.4 Å². The van der Waals surface area contributed by atoms with E-state index in [4.69, 9.17) is 0 Å². The smallest absolute Gasteiger partial charge is 0.226 e. The van der Waals surface area contributed by atoms with Crippen LogP contribution in [0.2, 0.25) is 0 Å². The minimum Gasteiger partial charge on any atom is -0.388 e. The Bertz CT molecular complexity index is 597. The molecule has 3 nitrogen and oxygen atoms in total. The average molecular weight is 309 g/mol. The van der Waals surface area contributed by atoms with Gasteiger partial charge in [-0.15, -0.1) is 0 Å². The molecule has 3 unspecified atom stereocenters. The van der Waals surface area contributed by atoms with E-state index in [0.29, 0.717) is 18.5 Å². The first-order valence-electron chi connectivity index (χ1n) is 7.77. The van der Waals surface area contributed by atoms with Crippen molar-refractivity contribution in [2.75, 3.05) is 6.54 Å². The van der Waals surface area contributed by atoms with Crippen LogP contribution in [0.1, 0.15) is 44.6 Å². The fourth-order valence-corrected chi connectivity index (χ4v) is 3.56. The minimum absolute atomic E-state index is 0.0272. The number of benzene rings is 1. The summed E-state index contributed by atoms with van der Waals surface area (Å²) in [4.78, 5) is 14.4. The normalized spacial score (nSPS) is 28.0. The van der Waals surface area contributed by atoms with Gasteiger partial charge in [0, 0.05) is 12.5 Å². The number of halogens is 2. The quantitative estimate of drug-likeness (QED) is 0.933. The van der Waals surface area contributed by atoms with Crippen molar-refractivity contribution in [3.63, 3.8) is 0 Å². The summed E-state index contributed by atoms with van der Waals surface area (Å²) in [7, 11) is 0. The van der Waals surface area contributed by atoms with Crippen LogP contribution in [-0.4, -0.2) is 34.1 Å². The van der Waals surface area contributed by atoms with E-state index in [2.05, 4.69) is 0 Å². The van der Waals surface area contributed by atoms with Crippen LogP contribution in [0.25, 0.3) is 0 Å². The van der Waals surface area contributed by atoms with Gasteiger partial charge in [-0.2, -0.15) is 0 Å². The van der Waals surface area contributed by atoms with E-state index in [1.807, 2.05) is 0 Å². The number of carbonyl (C=O) groups excluding carboxylic acids is 1. The van der Waals surface area contributed by atoms with Crippen LogP contribution in [0.4, 0.5) is 8.78 Å². The van der Waals surface area contributed by atoms with Crippen molar-refractivity contribution in [3.8, 4) is 0 Å². The molecule has 1 N–H and O–H groups in total. The Morgan fingerprint density at radius 2 is 2.05 bits per heavy atom. The van der Waals surface area contributed by atoms with Crippen LogP contribution in [0.3, 0.4) is 0 Å². The van der Waals surface area contributed by atoms with Gasteiger partial charge in [-0.1, -0.05) is 6.07 Å². The largest absolute Gasteiger partial charge is 0.388 e. The molecule has 3 rings (SSSR count). The predicted molar refractivity (Wildman–Crippen MR) is 78.2 cm³/mol. The highest BCUT2D eigenvalue weighted by molar-refractivity contribution is 5.83. The maximum absolute atomic E-state index is 13.3. The monoisotopic (exact) mass is 309 g/mol. The summed E-state index contributed by atoms with van der Waals surface area (Å²) in [6.45, 7) is 4.11. The number of likely N-dealkylation sites (tertiary alicyclic amines) is 1. The zero-order valence-corrected chi connectivity index (χ0v) is 12.9. The zero-order valence-electron chi connectivity index (χ0n) is 12.9. The Hall–Kier alpha value is -1.49. The standard InChI is InChI=1S/C17H21F2NO2/c1-17(2,22)15-4-3-7-20(15)16(21)12-9-11(12)10-5-6-13(18)14(19)8-10/h5-6,8,11-12,15,22H,3-4,7,9H2,1-2H3. The number of hydrogen-bond acceptors (Lipinski definition) is 2. The van der Waals surface area contributed by atoms with Gasteiger partial charge in [0.15, 0.2) is 11.6 Å². The molecule has 5 heteroatoms. The van der Waals surface area contributed by atoms with Crippen LogP contribution in [0.5, 0.6) is 0 Å². The van der Waals surface area contributed by atoms with E-state index in [9.17, 15) is 18.7 Å². The van der Waals surface area contributed by atoms with Crippen molar-refractivity contribution < 1.29 is 18.7 Å². The van der Waals surface area contributed by atoms with Crippen molar-refractivity contribution >= 4 is 5.91 Å². The van der Waals surface area contributed by atoms with Crippen LogP contribution >= 0.6 is 0 Å². The number of amides is 1. The van der Waals surface area contributed by atoms with Crippen LogP contribution < -0.4 is 0 Å². The molecule has 3 atom stereocenters. The molecule has 1 saturated heterocycles. The first-order chi connectivity index (χ1) is 10.3. The van der Waals surface area contributed by atoms with Crippen LogP contribution in [-0.2, 0) is 4.79 Å². The summed E-state index contributed by atoms with van der Waals surface area (Å²) in [6, 6.07) is 3.68. The summed E-state index contributed by atoms with van der Waals surface area (Å²) in [5.41, 5.74) is -0.241. The summed E-state index contributed by atoms with van der Waals surface area (Å²) < 4.78 is 26.3. The minimum atomic E-state index is -0.918. The first-order valence-corrected chi connectivity index (χ1v) is 7.77. The zero-order chi connectivity index (χ0) is 16.1. The average Bonchev–Trinajstić information content (AvgIpc) is 3.06. The summed E-state index contributed by atoms with van der Waals surface area (Å²) >= 11 is 0. The van der Waals surface area contributed by atoms with E-state index in [-0.39, 0.29) is 23.8 Å². The second-order valence-corrected chi connectivity index (χ2v) is 6.97. The summed E-state index contributed by atoms with van der Waals surface area (Å²) in [5.74, 6) is -1.92. The second-order valence-electron chi connectivity index (χ2n) is 6.97. The molecule has 1 aromatic rings. The van der Waals surface area contributed by atoms with Crippen LogP contribution in [0.15, 0.2) is 18.2 Å². The highest BCUT2D eigenvalue weighted by Crippen LogP contribution is 2.49. The number of rotatable bonds is 3. The molecule has 0 aromatic heterocycles. The number of aliphatic hydroxyl groups is 1. The third-order valence-corrected chi connectivity index (χ3v) is 4.83. The van der Waals surface area contributed by atoms with Gasteiger partial charge in [-0.3, -0.25) is 4.79 Å². The Morgan fingerprint density at radius 1 is 1.32 bits per heavy atom. The summed E-state index contributed by atoms with van der Waals surface area (Å²) in [5, 5.41) is 10.2. The topological polar surface area (TPSA) is 40.5 Å². The third-order valence-electron chi connectivity index (χ3n) is 4.83. The van der Waals surface area contributed by atoms with Gasteiger partial charge in [-0.05, 0) is 56.7 Å².